The maximum Gasteiger partial charge on any atom is 0.240 e. The molecule has 0 amide bonds. The molecule has 0 aliphatic rings. The van der Waals surface area contributed by atoms with Crippen LogP contribution < -0.4 is 4.72 Å². The first-order valence-corrected chi connectivity index (χ1v) is 6.07. The molecule has 0 radical (unpaired) electrons. The van der Waals surface area contributed by atoms with E-state index in [0.29, 0.717) is 0 Å². The van der Waals surface area contributed by atoms with Crippen LogP contribution in [0.1, 0.15) is 6.92 Å². The molecule has 0 bridgehead atoms. The lowest BCUT2D eigenvalue weighted by molar-refractivity contribution is 0.198. The number of aliphatic hydroxyl groups excluding tert-OH is 1. The Labute approximate surface area is 93.2 Å². The summed E-state index contributed by atoms with van der Waals surface area (Å²) < 4.78 is 25.4. The van der Waals surface area contributed by atoms with E-state index in [1.807, 2.05) is 0 Å². The number of nitrogens with one attached hydrogen (secondary N) is 1. The number of hydrogen-bond acceptors (Lipinski definition) is 4. The summed E-state index contributed by atoms with van der Waals surface area (Å²) in [6, 6.07) is 2.57. The molecule has 7 heteroatoms. The van der Waals surface area contributed by atoms with Gasteiger partial charge in [0.05, 0.1) is 11.0 Å². The molecule has 0 aromatic carbocycles. The number of aromatic nitrogens is 1. The van der Waals surface area contributed by atoms with Crippen LogP contribution in [-0.2, 0) is 10.0 Å². The van der Waals surface area contributed by atoms with E-state index in [2.05, 4.69) is 9.71 Å². The summed E-state index contributed by atoms with van der Waals surface area (Å²) in [6.45, 7) is 1.45. The standard InChI is InChI=1S/C8H11ClN2O3S/c1-6(12)5-11-15(13,14)7-2-3-10-8(9)4-7/h2-4,6,11-12H,5H2,1H3/t6-/m1/s1. The number of nitrogens with zero attached hydrogens (tertiary/aromatic N) is 1. The average molecular weight is 251 g/mol. The minimum absolute atomic E-state index is 0.0307. The summed E-state index contributed by atoms with van der Waals surface area (Å²) in [6.07, 6.45) is 0.566. The van der Waals surface area contributed by atoms with Crippen molar-refractivity contribution in [2.45, 2.75) is 17.9 Å². The fourth-order valence-electron chi connectivity index (χ4n) is 0.865. The number of aliphatic hydroxyl groups is 1. The smallest absolute Gasteiger partial charge is 0.240 e. The Morgan fingerprint density at radius 1 is 1.67 bits per heavy atom. The Morgan fingerprint density at radius 2 is 2.33 bits per heavy atom. The molecule has 1 aromatic rings. The molecular weight excluding hydrogens is 240 g/mol. The van der Waals surface area contributed by atoms with Gasteiger partial charge in [-0.2, -0.15) is 0 Å². The zero-order valence-electron chi connectivity index (χ0n) is 8.01. The fourth-order valence-corrected chi connectivity index (χ4v) is 2.24. The maximum atomic E-state index is 11.6. The van der Waals surface area contributed by atoms with E-state index in [0.717, 1.165) is 0 Å². The van der Waals surface area contributed by atoms with Crippen LogP contribution in [0.15, 0.2) is 23.2 Å². The zero-order valence-corrected chi connectivity index (χ0v) is 9.59. The average Bonchev–Trinajstić information content (AvgIpc) is 2.15. The summed E-state index contributed by atoms with van der Waals surface area (Å²) >= 11 is 5.56. The predicted octanol–water partition coefficient (Wildman–Crippen LogP) is 0.394. The number of hydrogen-bond donors (Lipinski definition) is 2. The Hall–Kier alpha value is -0.690. The third-order valence-electron chi connectivity index (χ3n) is 1.58. The van der Waals surface area contributed by atoms with Gasteiger partial charge in [0.1, 0.15) is 5.15 Å². The molecule has 0 unspecified atom stereocenters. The molecule has 1 heterocycles. The summed E-state index contributed by atoms with van der Waals surface area (Å²) in [7, 11) is -3.61. The SMILES string of the molecule is C[C@@H](O)CNS(=O)(=O)c1ccnc(Cl)c1. The summed E-state index contributed by atoms with van der Waals surface area (Å²) in [4.78, 5) is 3.70. The topological polar surface area (TPSA) is 79.3 Å². The van der Waals surface area contributed by atoms with Gasteiger partial charge < -0.3 is 5.11 Å². The van der Waals surface area contributed by atoms with Crippen LogP contribution >= 0.6 is 11.6 Å². The van der Waals surface area contributed by atoms with Crippen molar-refractivity contribution in [3.05, 3.63) is 23.5 Å². The minimum Gasteiger partial charge on any atom is -0.392 e. The van der Waals surface area contributed by atoms with Crippen molar-refractivity contribution in [2.24, 2.45) is 0 Å². The Bertz CT molecular complexity index is 433. The van der Waals surface area contributed by atoms with E-state index >= 15 is 0 Å². The predicted molar refractivity (Wildman–Crippen MR) is 56.1 cm³/mol. The Morgan fingerprint density at radius 3 is 2.87 bits per heavy atom. The number of sulfonamides is 1. The van der Waals surface area contributed by atoms with Crippen LogP contribution in [0, 0.1) is 0 Å². The number of pyridine rings is 1. The third kappa shape index (κ3) is 3.75. The highest BCUT2D eigenvalue weighted by molar-refractivity contribution is 7.89. The quantitative estimate of drug-likeness (QED) is 0.758. The van der Waals surface area contributed by atoms with Crippen LogP contribution in [0.4, 0.5) is 0 Å². The van der Waals surface area contributed by atoms with Crippen molar-refractivity contribution in [1.29, 1.82) is 0 Å². The van der Waals surface area contributed by atoms with Gasteiger partial charge in [-0.25, -0.2) is 18.1 Å². The van der Waals surface area contributed by atoms with Gasteiger partial charge in [0, 0.05) is 12.7 Å². The first kappa shape index (κ1) is 12.4. The van der Waals surface area contributed by atoms with Gasteiger partial charge >= 0.3 is 0 Å². The number of halogens is 1. The molecule has 0 spiro atoms. The van der Waals surface area contributed by atoms with E-state index in [9.17, 15) is 8.42 Å². The third-order valence-corrected chi connectivity index (χ3v) is 3.21. The zero-order chi connectivity index (χ0) is 11.5. The summed E-state index contributed by atoms with van der Waals surface area (Å²) in [5.74, 6) is 0. The van der Waals surface area contributed by atoms with Crippen LogP contribution in [0.3, 0.4) is 0 Å². The van der Waals surface area contributed by atoms with Gasteiger partial charge in [-0.3, -0.25) is 0 Å². The fraction of sp³-hybridized carbons (Fsp3) is 0.375. The molecule has 5 nitrogen and oxygen atoms in total. The lowest BCUT2D eigenvalue weighted by Gasteiger charge is -2.07. The van der Waals surface area contributed by atoms with Gasteiger partial charge in [-0.15, -0.1) is 0 Å². The van der Waals surface area contributed by atoms with E-state index < -0.39 is 16.1 Å². The second-order valence-corrected chi connectivity index (χ2v) is 5.17. The van der Waals surface area contributed by atoms with Crippen molar-refractivity contribution >= 4 is 21.6 Å². The Balaban J connectivity index is 2.87. The van der Waals surface area contributed by atoms with Crippen LogP contribution in [-0.4, -0.2) is 31.2 Å². The van der Waals surface area contributed by atoms with Crippen molar-refractivity contribution in [1.82, 2.24) is 9.71 Å². The van der Waals surface area contributed by atoms with Crippen molar-refractivity contribution < 1.29 is 13.5 Å². The largest absolute Gasteiger partial charge is 0.392 e. The minimum atomic E-state index is -3.61. The molecule has 2 N–H and O–H groups in total. The second-order valence-electron chi connectivity index (χ2n) is 3.02. The molecule has 0 saturated carbocycles. The molecule has 0 fully saturated rings. The molecule has 1 atom stereocenters. The first-order valence-electron chi connectivity index (χ1n) is 4.21. The molecule has 0 aliphatic carbocycles. The molecule has 84 valence electrons. The monoisotopic (exact) mass is 250 g/mol. The summed E-state index contributed by atoms with van der Waals surface area (Å²) in [5.41, 5.74) is 0. The highest BCUT2D eigenvalue weighted by atomic mass is 35.5. The molecule has 0 saturated heterocycles. The lowest BCUT2D eigenvalue weighted by Crippen LogP contribution is -2.30. The van der Waals surface area contributed by atoms with Crippen molar-refractivity contribution in [3.63, 3.8) is 0 Å². The highest BCUT2D eigenvalue weighted by Crippen LogP contribution is 2.12. The van der Waals surface area contributed by atoms with E-state index in [4.69, 9.17) is 16.7 Å². The van der Waals surface area contributed by atoms with Crippen LogP contribution in [0.5, 0.6) is 0 Å². The van der Waals surface area contributed by atoms with Crippen molar-refractivity contribution in [2.75, 3.05) is 6.54 Å². The van der Waals surface area contributed by atoms with Gasteiger partial charge in [0.25, 0.3) is 0 Å². The molecular formula is C8H11ClN2O3S. The molecule has 1 aromatic heterocycles. The molecule has 15 heavy (non-hydrogen) atoms. The van der Waals surface area contributed by atoms with Crippen molar-refractivity contribution in [3.8, 4) is 0 Å². The maximum absolute atomic E-state index is 11.6. The highest BCUT2D eigenvalue weighted by Gasteiger charge is 2.14. The first-order chi connectivity index (χ1) is 6.92. The normalized spacial score (nSPS) is 13.8. The van der Waals surface area contributed by atoms with Gasteiger partial charge in [-0.05, 0) is 19.1 Å². The van der Waals surface area contributed by atoms with Gasteiger partial charge in [0.15, 0.2) is 0 Å². The van der Waals surface area contributed by atoms with Gasteiger partial charge in [-0.1, -0.05) is 11.6 Å². The lowest BCUT2D eigenvalue weighted by atomic mass is 10.4. The van der Waals surface area contributed by atoms with Crippen LogP contribution in [0.2, 0.25) is 5.15 Å². The second kappa shape index (κ2) is 4.89. The van der Waals surface area contributed by atoms with Gasteiger partial charge in [0.2, 0.25) is 10.0 Å². The van der Waals surface area contributed by atoms with Crippen LogP contribution in [0.25, 0.3) is 0 Å². The molecule has 0 aliphatic heterocycles. The Kier molecular flexibility index (Phi) is 4.04. The van der Waals surface area contributed by atoms with E-state index in [1.54, 1.807) is 0 Å². The van der Waals surface area contributed by atoms with E-state index in [1.165, 1.54) is 25.3 Å². The molecule has 1 rings (SSSR count). The number of rotatable bonds is 4. The van der Waals surface area contributed by atoms with E-state index in [-0.39, 0.29) is 16.6 Å². The summed E-state index contributed by atoms with van der Waals surface area (Å²) in [5, 5.41) is 9.06.